The summed E-state index contributed by atoms with van der Waals surface area (Å²) in [5, 5.41) is 10.6. The first-order valence-corrected chi connectivity index (χ1v) is 11.6. The van der Waals surface area contributed by atoms with Crippen LogP contribution in [0.25, 0.3) is 5.69 Å². The third-order valence-corrected chi connectivity index (χ3v) is 5.46. The molecule has 3 aromatic rings. The highest BCUT2D eigenvalue weighted by Crippen LogP contribution is 2.29. The Morgan fingerprint density at radius 3 is 2.34 bits per heavy atom. The Morgan fingerprint density at radius 1 is 1.06 bits per heavy atom. The molecular weight excluding hydrogens is 468 g/mol. The number of hydrogen-bond acceptors (Lipinski definition) is 5. The second-order valence-electron chi connectivity index (χ2n) is 9.10. The number of ether oxygens (including phenoxy) is 1. The van der Waals surface area contributed by atoms with Gasteiger partial charge in [0.15, 0.2) is 6.61 Å². The molecule has 2 aromatic carbocycles. The predicted molar refractivity (Wildman–Crippen MR) is 134 cm³/mol. The molecule has 1 heterocycles. The lowest BCUT2D eigenvalue weighted by atomic mass is 9.92. The molecule has 35 heavy (non-hydrogen) atoms. The van der Waals surface area contributed by atoms with Crippen LogP contribution < -0.4 is 10.6 Å². The minimum Gasteiger partial charge on any atom is -0.455 e. The number of para-hydroxylation sites is 1. The van der Waals surface area contributed by atoms with Gasteiger partial charge in [0.1, 0.15) is 5.82 Å². The topological polar surface area (TPSA) is 102 Å². The normalized spacial score (nSPS) is 12.0. The second-order valence-corrected chi connectivity index (χ2v) is 9.51. The largest absolute Gasteiger partial charge is 0.455 e. The van der Waals surface area contributed by atoms with E-state index in [0.29, 0.717) is 16.5 Å². The standard InChI is InChI=1S/C26H29ClN4O4/c1-17(32)28-20(18-10-6-5-7-11-18)14-25(34)35-16-24(33)29-23-15-22(26(2,3)4)30-31(23)21-13-9-8-12-19(21)27/h5-13,15,20H,14,16H2,1-4H3,(H,28,32)(H,29,33)/t20-/m1/s1. The van der Waals surface area contributed by atoms with E-state index in [1.54, 1.807) is 28.9 Å². The minimum absolute atomic E-state index is 0.109. The number of rotatable bonds is 8. The van der Waals surface area contributed by atoms with Crippen molar-refractivity contribution in [1.29, 1.82) is 0 Å². The first kappa shape index (κ1) is 26.0. The molecule has 2 N–H and O–H groups in total. The molecule has 2 amide bonds. The van der Waals surface area contributed by atoms with Gasteiger partial charge in [0.05, 0.1) is 28.9 Å². The third kappa shape index (κ3) is 7.16. The van der Waals surface area contributed by atoms with Crippen molar-refractivity contribution in [1.82, 2.24) is 15.1 Å². The highest BCUT2D eigenvalue weighted by molar-refractivity contribution is 6.32. The zero-order chi connectivity index (χ0) is 25.6. The fourth-order valence-corrected chi connectivity index (χ4v) is 3.59. The number of nitrogens with zero attached hydrogens (tertiary/aromatic N) is 2. The van der Waals surface area contributed by atoms with E-state index in [4.69, 9.17) is 16.3 Å². The van der Waals surface area contributed by atoms with Gasteiger partial charge in [0, 0.05) is 18.4 Å². The molecule has 0 saturated heterocycles. The van der Waals surface area contributed by atoms with E-state index in [0.717, 1.165) is 11.3 Å². The molecule has 0 aliphatic carbocycles. The first-order valence-electron chi connectivity index (χ1n) is 11.2. The number of carbonyl (C=O) groups excluding carboxylic acids is 3. The molecule has 8 nitrogen and oxygen atoms in total. The number of amides is 2. The van der Waals surface area contributed by atoms with Crippen molar-refractivity contribution >= 4 is 35.2 Å². The highest BCUT2D eigenvalue weighted by Gasteiger charge is 2.23. The van der Waals surface area contributed by atoms with Crippen LogP contribution in [-0.4, -0.2) is 34.2 Å². The fraction of sp³-hybridized carbons (Fsp3) is 0.308. The lowest BCUT2D eigenvalue weighted by Gasteiger charge is -2.17. The van der Waals surface area contributed by atoms with Crippen LogP contribution in [0.1, 0.15) is 51.4 Å². The van der Waals surface area contributed by atoms with Crippen LogP contribution in [0.15, 0.2) is 60.7 Å². The summed E-state index contributed by atoms with van der Waals surface area (Å²) < 4.78 is 6.76. The van der Waals surface area contributed by atoms with Crippen molar-refractivity contribution in [2.24, 2.45) is 0 Å². The van der Waals surface area contributed by atoms with Gasteiger partial charge >= 0.3 is 5.97 Å². The van der Waals surface area contributed by atoms with E-state index in [-0.39, 0.29) is 17.7 Å². The number of anilines is 1. The summed E-state index contributed by atoms with van der Waals surface area (Å²) in [6.45, 7) is 6.93. The monoisotopic (exact) mass is 496 g/mol. The molecule has 0 aliphatic rings. The van der Waals surface area contributed by atoms with Crippen LogP contribution >= 0.6 is 11.6 Å². The van der Waals surface area contributed by atoms with Crippen molar-refractivity contribution in [2.45, 2.75) is 45.6 Å². The Labute approximate surface area is 209 Å². The maximum Gasteiger partial charge on any atom is 0.308 e. The molecule has 0 spiro atoms. The molecule has 0 unspecified atom stereocenters. The van der Waals surface area contributed by atoms with Crippen molar-refractivity contribution in [3.05, 3.63) is 76.9 Å². The number of halogens is 1. The lowest BCUT2D eigenvalue weighted by Crippen LogP contribution is -2.29. The number of aromatic nitrogens is 2. The third-order valence-electron chi connectivity index (χ3n) is 5.14. The van der Waals surface area contributed by atoms with Crippen LogP contribution in [0.5, 0.6) is 0 Å². The Hall–Kier alpha value is -3.65. The summed E-state index contributed by atoms with van der Waals surface area (Å²) in [5.41, 5.74) is 1.86. The maximum atomic E-state index is 12.6. The number of esters is 1. The molecule has 9 heteroatoms. The molecule has 0 radical (unpaired) electrons. The molecule has 0 saturated carbocycles. The fourth-order valence-electron chi connectivity index (χ4n) is 3.38. The van der Waals surface area contributed by atoms with Gasteiger partial charge < -0.3 is 15.4 Å². The average Bonchev–Trinajstić information content (AvgIpc) is 3.22. The number of carbonyl (C=O) groups is 3. The first-order chi connectivity index (χ1) is 16.5. The van der Waals surface area contributed by atoms with E-state index in [1.807, 2.05) is 57.2 Å². The molecule has 1 atom stereocenters. The Kier molecular flexibility index (Phi) is 8.30. The zero-order valence-corrected chi connectivity index (χ0v) is 20.9. The van der Waals surface area contributed by atoms with Gasteiger partial charge in [-0.05, 0) is 17.7 Å². The summed E-state index contributed by atoms with van der Waals surface area (Å²) in [5.74, 6) is -1.00. The van der Waals surface area contributed by atoms with Crippen molar-refractivity contribution in [3.8, 4) is 5.69 Å². The van der Waals surface area contributed by atoms with Gasteiger partial charge in [-0.1, -0.05) is 74.8 Å². The van der Waals surface area contributed by atoms with Crippen LogP contribution in [0.4, 0.5) is 5.82 Å². The molecule has 3 rings (SSSR count). The Morgan fingerprint density at radius 2 is 1.71 bits per heavy atom. The number of hydrogen-bond donors (Lipinski definition) is 2. The quantitative estimate of drug-likeness (QED) is 0.445. The Balaban J connectivity index is 1.69. The second kappa shape index (κ2) is 11.2. The molecule has 1 aromatic heterocycles. The molecule has 184 valence electrons. The molecule has 0 bridgehead atoms. The SMILES string of the molecule is CC(=O)N[C@H](CC(=O)OCC(=O)Nc1cc(C(C)(C)C)nn1-c1ccccc1Cl)c1ccccc1. The number of benzene rings is 2. The Bertz CT molecular complexity index is 1200. The summed E-state index contributed by atoms with van der Waals surface area (Å²) in [6.07, 6.45) is -0.109. The lowest BCUT2D eigenvalue weighted by molar-refractivity contribution is -0.148. The minimum atomic E-state index is -0.613. The predicted octanol–water partition coefficient (Wildman–Crippen LogP) is 4.57. The van der Waals surface area contributed by atoms with Crippen LogP contribution in [0, 0.1) is 0 Å². The van der Waals surface area contributed by atoms with Crippen LogP contribution in [0.3, 0.4) is 0 Å². The van der Waals surface area contributed by atoms with E-state index < -0.39 is 24.5 Å². The van der Waals surface area contributed by atoms with Gasteiger partial charge in [0.25, 0.3) is 5.91 Å². The van der Waals surface area contributed by atoms with Gasteiger partial charge in [-0.15, -0.1) is 0 Å². The summed E-state index contributed by atoms with van der Waals surface area (Å²) >= 11 is 6.36. The van der Waals surface area contributed by atoms with Crippen LogP contribution in [-0.2, 0) is 24.5 Å². The van der Waals surface area contributed by atoms with Gasteiger partial charge in [0.2, 0.25) is 5.91 Å². The van der Waals surface area contributed by atoms with Gasteiger partial charge in [-0.3, -0.25) is 14.4 Å². The smallest absolute Gasteiger partial charge is 0.308 e. The summed E-state index contributed by atoms with van der Waals surface area (Å²) in [6, 6.07) is 17.5. The highest BCUT2D eigenvalue weighted by atomic mass is 35.5. The van der Waals surface area contributed by atoms with E-state index in [2.05, 4.69) is 15.7 Å². The maximum absolute atomic E-state index is 12.6. The van der Waals surface area contributed by atoms with Crippen molar-refractivity contribution in [2.75, 3.05) is 11.9 Å². The zero-order valence-electron chi connectivity index (χ0n) is 20.2. The average molecular weight is 497 g/mol. The van der Waals surface area contributed by atoms with Crippen LogP contribution in [0.2, 0.25) is 5.02 Å². The number of nitrogens with one attached hydrogen (secondary N) is 2. The van der Waals surface area contributed by atoms with E-state index in [1.165, 1.54) is 6.92 Å². The van der Waals surface area contributed by atoms with Crippen molar-refractivity contribution in [3.63, 3.8) is 0 Å². The van der Waals surface area contributed by atoms with E-state index >= 15 is 0 Å². The summed E-state index contributed by atoms with van der Waals surface area (Å²) in [4.78, 5) is 36.7. The summed E-state index contributed by atoms with van der Waals surface area (Å²) in [7, 11) is 0. The van der Waals surface area contributed by atoms with Gasteiger partial charge in [-0.2, -0.15) is 5.10 Å². The molecule has 0 aliphatic heterocycles. The molecular formula is C26H29ClN4O4. The molecule has 0 fully saturated rings. The van der Waals surface area contributed by atoms with Crippen molar-refractivity contribution < 1.29 is 19.1 Å². The van der Waals surface area contributed by atoms with Gasteiger partial charge in [-0.25, -0.2) is 4.68 Å². The van der Waals surface area contributed by atoms with E-state index in [9.17, 15) is 14.4 Å².